The molecule has 3 rings (SSSR count). The summed E-state index contributed by atoms with van der Waals surface area (Å²) in [5.41, 5.74) is 4.29. The largest absolute Gasteiger partial charge is 0.372 e. The van der Waals surface area contributed by atoms with Gasteiger partial charge in [-0.1, -0.05) is 0 Å². The number of fused-ring (bicyclic) bond motifs is 1. The number of pyridine rings is 1. The SMILES string of the molecule is CCN(CC)c1ccc2[nH]c(C)c(C[NH+]3CCCC[C@@H]3C)c(=O)c2c1. The number of hydrogen-bond donors (Lipinski definition) is 2. The van der Waals surface area contributed by atoms with Crippen LogP contribution in [-0.4, -0.2) is 30.7 Å². The maximum absolute atomic E-state index is 13.2. The fourth-order valence-corrected chi connectivity index (χ4v) is 4.18. The summed E-state index contributed by atoms with van der Waals surface area (Å²) in [7, 11) is 0. The van der Waals surface area contributed by atoms with Crippen molar-refractivity contribution in [1.82, 2.24) is 4.98 Å². The quantitative estimate of drug-likeness (QED) is 0.877. The Morgan fingerprint density at radius 3 is 2.68 bits per heavy atom. The first-order valence-corrected chi connectivity index (χ1v) is 9.80. The third-order valence-corrected chi connectivity index (χ3v) is 5.91. The van der Waals surface area contributed by atoms with E-state index in [9.17, 15) is 4.79 Å². The van der Waals surface area contributed by atoms with Gasteiger partial charge in [0, 0.05) is 35.4 Å². The van der Waals surface area contributed by atoms with E-state index in [-0.39, 0.29) is 5.43 Å². The molecule has 2 heterocycles. The van der Waals surface area contributed by atoms with Crippen molar-refractivity contribution in [3.63, 3.8) is 0 Å². The third-order valence-electron chi connectivity index (χ3n) is 5.91. The van der Waals surface area contributed by atoms with Crippen molar-refractivity contribution in [3.05, 3.63) is 39.7 Å². The number of piperidine rings is 1. The number of nitrogens with zero attached hydrogens (tertiary/aromatic N) is 1. The van der Waals surface area contributed by atoms with Gasteiger partial charge in [-0.05, 0) is 65.2 Å². The van der Waals surface area contributed by atoms with E-state index in [1.807, 2.05) is 6.92 Å². The van der Waals surface area contributed by atoms with Gasteiger partial charge >= 0.3 is 0 Å². The molecule has 4 heteroatoms. The van der Waals surface area contributed by atoms with Crippen LogP contribution in [0.5, 0.6) is 0 Å². The van der Waals surface area contributed by atoms with Gasteiger partial charge in [0.25, 0.3) is 0 Å². The molecule has 1 aromatic heterocycles. The zero-order valence-corrected chi connectivity index (χ0v) is 16.1. The zero-order valence-electron chi connectivity index (χ0n) is 16.1. The molecule has 0 bridgehead atoms. The van der Waals surface area contributed by atoms with Crippen LogP contribution >= 0.6 is 0 Å². The zero-order chi connectivity index (χ0) is 18.0. The number of aromatic amines is 1. The number of aromatic nitrogens is 1. The number of hydrogen-bond acceptors (Lipinski definition) is 2. The van der Waals surface area contributed by atoms with Crippen molar-refractivity contribution in [1.29, 1.82) is 0 Å². The average Bonchev–Trinajstić information content (AvgIpc) is 2.61. The highest BCUT2D eigenvalue weighted by Gasteiger charge is 2.24. The summed E-state index contributed by atoms with van der Waals surface area (Å²) in [5, 5.41) is 0.828. The Bertz CT molecular complexity index is 792. The van der Waals surface area contributed by atoms with E-state index < -0.39 is 0 Å². The number of H-pyrrole nitrogens is 1. The van der Waals surface area contributed by atoms with Crippen LogP contribution in [0.15, 0.2) is 23.0 Å². The molecular formula is C21H32N3O+. The molecule has 1 aliphatic rings. The highest BCUT2D eigenvalue weighted by Crippen LogP contribution is 2.20. The second-order valence-electron chi connectivity index (χ2n) is 7.44. The minimum atomic E-state index is 0.213. The van der Waals surface area contributed by atoms with Crippen LogP contribution in [0.1, 0.15) is 51.3 Å². The Balaban J connectivity index is 2.02. The van der Waals surface area contributed by atoms with Crippen LogP contribution in [0.2, 0.25) is 0 Å². The lowest BCUT2D eigenvalue weighted by Gasteiger charge is -2.30. The van der Waals surface area contributed by atoms with Gasteiger partial charge in [-0.25, -0.2) is 0 Å². The first-order valence-electron chi connectivity index (χ1n) is 9.80. The minimum absolute atomic E-state index is 0.213. The third kappa shape index (κ3) is 3.59. The predicted molar refractivity (Wildman–Crippen MR) is 106 cm³/mol. The second kappa shape index (κ2) is 7.61. The van der Waals surface area contributed by atoms with Gasteiger partial charge in [-0.15, -0.1) is 0 Å². The summed E-state index contributed by atoms with van der Waals surface area (Å²) >= 11 is 0. The van der Waals surface area contributed by atoms with Gasteiger partial charge in [0.1, 0.15) is 6.54 Å². The summed E-state index contributed by atoms with van der Waals surface area (Å²) in [6.07, 6.45) is 3.87. The van der Waals surface area contributed by atoms with Gasteiger partial charge in [0.15, 0.2) is 5.43 Å². The molecule has 0 aliphatic carbocycles. The van der Waals surface area contributed by atoms with Crippen LogP contribution in [0.3, 0.4) is 0 Å². The molecule has 0 radical (unpaired) electrons. The normalized spacial score (nSPS) is 20.8. The topological polar surface area (TPSA) is 40.5 Å². The Kier molecular flexibility index (Phi) is 5.48. The van der Waals surface area contributed by atoms with Crippen molar-refractivity contribution in [2.45, 2.75) is 59.5 Å². The molecule has 1 aromatic carbocycles. The lowest BCUT2D eigenvalue weighted by molar-refractivity contribution is -0.942. The van der Waals surface area contributed by atoms with Crippen molar-refractivity contribution >= 4 is 16.6 Å². The van der Waals surface area contributed by atoms with E-state index >= 15 is 0 Å². The van der Waals surface area contributed by atoms with Crippen LogP contribution in [-0.2, 0) is 6.54 Å². The first-order chi connectivity index (χ1) is 12.0. The fourth-order valence-electron chi connectivity index (χ4n) is 4.18. The monoisotopic (exact) mass is 342 g/mol. The van der Waals surface area contributed by atoms with E-state index in [1.165, 1.54) is 25.8 Å². The Morgan fingerprint density at radius 1 is 1.24 bits per heavy atom. The number of anilines is 1. The van der Waals surface area contributed by atoms with Gasteiger partial charge in [-0.3, -0.25) is 4.79 Å². The van der Waals surface area contributed by atoms with E-state index in [2.05, 4.69) is 48.9 Å². The van der Waals surface area contributed by atoms with Crippen molar-refractivity contribution in [3.8, 4) is 0 Å². The van der Waals surface area contributed by atoms with E-state index in [0.717, 1.165) is 47.5 Å². The molecule has 136 valence electrons. The standard InChI is InChI=1S/C21H31N3O/c1-5-23(6-2)17-10-11-20-18(13-17)21(25)19(16(4)22-20)14-24-12-8-7-9-15(24)3/h10-11,13,15H,5-9,12,14H2,1-4H3,(H,22,25)/p+1/t15-/m0/s1. The Hall–Kier alpha value is -1.81. The van der Waals surface area contributed by atoms with Crippen LogP contribution in [0.4, 0.5) is 5.69 Å². The molecule has 2 N–H and O–H groups in total. The number of aryl methyl sites for hydroxylation is 1. The number of benzene rings is 1. The molecule has 2 atom stereocenters. The molecule has 0 amide bonds. The molecule has 1 saturated heterocycles. The molecule has 0 spiro atoms. The van der Waals surface area contributed by atoms with Gasteiger partial charge in [-0.2, -0.15) is 0 Å². The summed E-state index contributed by atoms with van der Waals surface area (Å²) < 4.78 is 0. The summed E-state index contributed by atoms with van der Waals surface area (Å²) in [6.45, 7) is 12.6. The average molecular weight is 343 g/mol. The number of quaternary nitrogens is 1. The summed E-state index contributed by atoms with van der Waals surface area (Å²) in [5.74, 6) is 0. The molecule has 1 aliphatic heterocycles. The second-order valence-corrected chi connectivity index (χ2v) is 7.44. The number of likely N-dealkylation sites (tertiary alicyclic amines) is 1. The molecule has 0 saturated carbocycles. The van der Waals surface area contributed by atoms with Gasteiger partial charge in [0.2, 0.25) is 0 Å². The minimum Gasteiger partial charge on any atom is -0.372 e. The molecule has 25 heavy (non-hydrogen) atoms. The maximum Gasteiger partial charge on any atom is 0.198 e. The highest BCUT2D eigenvalue weighted by atomic mass is 16.1. The van der Waals surface area contributed by atoms with Crippen molar-refractivity contribution in [2.75, 3.05) is 24.5 Å². The number of nitrogens with one attached hydrogen (secondary N) is 2. The van der Waals surface area contributed by atoms with Crippen LogP contribution in [0.25, 0.3) is 10.9 Å². The summed E-state index contributed by atoms with van der Waals surface area (Å²) in [4.78, 5) is 20.5. The molecule has 4 nitrogen and oxygen atoms in total. The van der Waals surface area contributed by atoms with E-state index in [4.69, 9.17) is 0 Å². The summed E-state index contributed by atoms with van der Waals surface area (Å²) in [6, 6.07) is 6.88. The molecule has 1 unspecified atom stereocenters. The predicted octanol–water partition coefficient (Wildman–Crippen LogP) is 2.64. The maximum atomic E-state index is 13.2. The molecular weight excluding hydrogens is 310 g/mol. The smallest absolute Gasteiger partial charge is 0.198 e. The lowest BCUT2D eigenvalue weighted by atomic mass is 10.0. The van der Waals surface area contributed by atoms with Crippen LogP contribution < -0.4 is 15.2 Å². The Labute approximate surface area is 150 Å². The number of rotatable bonds is 5. The van der Waals surface area contributed by atoms with Crippen LogP contribution in [0, 0.1) is 6.92 Å². The van der Waals surface area contributed by atoms with Gasteiger partial charge < -0.3 is 14.8 Å². The highest BCUT2D eigenvalue weighted by molar-refractivity contribution is 5.83. The Morgan fingerprint density at radius 2 is 2.00 bits per heavy atom. The lowest BCUT2D eigenvalue weighted by Crippen LogP contribution is -3.15. The van der Waals surface area contributed by atoms with E-state index in [1.54, 1.807) is 4.90 Å². The first kappa shape index (κ1) is 18.0. The van der Waals surface area contributed by atoms with E-state index in [0.29, 0.717) is 6.04 Å². The fraction of sp³-hybridized carbons (Fsp3) is 0.571. The molecule has 1 fully saturated rings. The molecule has 2 aromatic rings. The van der Waals surface area contributed by atoms with Crippen molar-refractivity contribution < 1.29 is 4.90 Å². The van der Waals surface area contributed by atoms with Gasteiger partial charge in [0.05, 0.1) is 18.2 Å². The van der Waals surface area contributed by atoms with Crippen molar-refractivity contribution in [2.24, 2.45) is 0 Å².